The molecule has 1 aromatic heterocycles. The lowest BCUT2D eigenvalue weighted by Gasteiger charge is -2.04. The Labute approximate surface area is 110 Å². The van der Waals surface area contributed by atoms with Crippen LogP contribution in [0.15, 0.2) is 30.5 Å². The van der Waals surface area contributed by atoms with E-state index in [1.807, 2.05) is 0 Å². The normalized spacial score (nSPS) is 10.0. The zero-order valence-electron chi connectivity index (χ0n) is 10.7. The van der Waals surface area contributed by atoms with E-state index in [1.165, 1.54) is 6.20 Å². The molecule has 2 rings (SSSR count). The maximum atomic E-state index is 11.8. The maximum Gasteiger partial charge on any atom is 0.273 e. The largest absolute Gasteiger partial charge is 0.355 e. The number of anilines is 1. The number of rotatable bonds is 3. The van der Waals surface area contributed by atoms with Crippen molar-refractivity contribution >= 4 is 17.5 Å². The summed E-state index contributed by atoms with van der Waals surface area (Å²) < 4.78 is 0. The topological polar surface area (TPSA) is 86.9 Å². The molecular weight excluding hydrogens is 244 g/mol. The van der Waals surface area contributed by atoms with E-state index in [-0.39, 0.29) is 11.8 Å². The number of nitrogens with one attached hydrogen (secondary N) is 3. The van der Waals surface area contributed by atoms with E-state index in [1.54, 1.807) is 38.2 Å². The summed E-state index contributed by atoms with van der Waals surface area (Å²) in [5.74, 6) is 0.246. The second kappa shape index (κ2) is 5.34. The third-order valence-corrected chi connectivity index (χ3v) is 2.58. The Morgan fingerprint density at radius 1 is 1.16 bits per heavy atom. The second-order valence-corrected chi connectivity index (χ2v) is 3.99. The van der Waals surface area contributed by atoms with Crippen molar-refractivity contribution in [2.24, 2.45) is 0 Å². The van der Waals surface area contributed by atoms with Crippen molar-refractivity contribution in [2.45, 2.75) is 6.92 Å². The summed E-state index contributed by atoms with van der Waals surface area (Å²) in [5.41, 5.74) is 1.55. The second-order valence-electron chi connectivity index (χ2n) is 3.99. The molecule has 98 valence electrons. The number of benzene rings is 1. The maximum absolute atomic E-state index is 11.8. The molecule has 19 heavy (non-hydrogen) atoms. The highest BCUT2D eigenvalue weighted by molar-refractivity contribution is 6.03. The molecule has 1 aromatic carbocycles. The number of hydrogen-bond acceptors (Lipinski definition) is 3. The zero-order chi connectivity index (χ0) is 13.8. The Morgan fingerprint density at radius 3 is 2.37 bits per heavy atom. The van der Waals surface area contributed by atoms with Gasteiger partial charge >= 0.3 is 0 Å². The number of carbonyl (C=O) groups excluding carboxylic acids is 2. The molecule has 3 N–H and O–H groups in total. The van der Waals surface area contributed by atoms with Crippen molar-refractivity contribution < 1.29 is 9.59 Å². The van der Waals surface area contributed by atoms with Gasteiger partial charge in [0.2, 0.25) is 0 Å². The molecule has 1 heterocycles. The van der Waals surface area contributed by atoms with Gasteiger partial charge in [-0.15, -0.1) is 0 Å². The molecule has 0 saturated heterocycles. The number of H-pyrrole nitrogens is 1. The van der Waals surface area contributed by atoms with Crippen LogP contribution >= 0.6 is 0 Å². The number of hydrogen-bond donors (Lipinski definition) is 3. The first-order valence-electron chi connectivity index (χ1n) is 5.75. The van der Waals surface area contributed by atoms with Crippen molar-refractivity contribution in [3.8, 4) is 0 Å². The minimum Gasteiger partial charge on any atom is -0.355 e. The number of aryl methyl sites for hydroxylation is 1. The molecule has 0 unspecified atom stereocenters. The lowest BCUT2D eigenvalue weighted by molar-refractivity contribution is 0.0962. The lowest BCUT2D eigenvalue weighted by atomic mass is 10.2. The number of nitrogens with zero attached hydrogens (tertiary/aromatic N) is 1. The van der Waals surface area contributed by atoms with Crippen LogP contribution in [0.25, 0.3) is 0 Å². The highest BCUT2D eigenvalue weighted by Crippen LogP contribution is 2.11. The van der Waals surface area contributed by atoms with Crippen LogP contribution in [0.3, 0.4) is 0 Å². The first kappa shape index (κ1) is 12.8. The molecule has 0 bridgehead atoms. The number of imidazole rings is 1. The first-order valence-corrected chi connectivity index (χ1v) is 5.75. The van der Waals surface area contributed by atoms with Gasteiger partial charge in [-0.2, -0.15) is 0 Å². The number of carbonyl (C=O) groups is 2. The van der Waals surface area contributed by atoms with Crippen LogP contribution in [0.1, 0.15) is 26.7 Å². The predicted octanol–water partition coefficient (Wildman–Crippen LogP) is 1.33. The van der Waals surface area contributed by atoms with Crippen LogP contribution in [0, 0.1) is 6.92 Å². The fourth-order valence-electron chi connectivity index (χ4n) is 1.58. The molecular formula is C13H14N4O2. The van der Waals surface area contributed by atoms with Crippen molar-refractivity contribution in [1.82, 2.24) is 15.3 Å². The van der Waals surface area contributed by atoms with Crippen molar-refractivity contribution in [3.63, 3.8) is 0 Å². The molecule has 0 radical (unpaired) electrons. The smallest absolute Gasteiger partial charge is 0.273 e. The minimum absolute atomic E-state index is 0.165. The Morgan fingerprint density at radius 2 is 1.84 bits per heavy atom. The summed E-state index contributed by atoms with van der Waals surface area (Å²) in [6.07, 6.45) is 1.48. The van der Waals surface area contributed by atoms with Crippen molar-refractivity contribution in [1.29, 1.82) is 0 Å². The zero-order valence-corrected chi connectivity index (χ0v) is 10.7. The van der Waals surface area contributed by atoms with E-state index in [2.05, 4.69) is 20.6 Å². The average molecular weight is 258 g/mol. The number of amides is 2. The minimum atomic E-state index is -0.270. The van der Waals surface area contributed by atoms with Crippen molar-refractivity contribution in [2.75, 3.05) is 12.4 Å². The van der Waals surface area contributed by atoms with E-state index >= 15 is 0 Å². The third-order valence-electron chi connectivity index (χ3n) is 2.58. The van der Waals surface area contributed by atoms with Crippen LogP contribution in [-0.2, 0) is 0 Å². The van der Waals surface area contributed by atoms with E-state index in [0.29, 0.717) is 22.8 Å². The van der Waals surface area contributed by atoms with Crippen LogP contribution in [0.5, 0.6) is 0 Å². The van der Waals surface area contributed by atoms with Gasteiger partial charge in [0.25, 0.3) is 11.8 Å². The van der Waals surface area contributed by atoms with Gasteiger partial charge in [-0.1, -0.05) is 0 Å². The predicted molar refractivity (Wildman–Crippen MR) is 71.1 cm³/mol. The number of aromatic amines is 1. The Kier molecular flexibility index (Phi) is 3.61. The van der Waals surface area contributed by atoms with Crippen molar-refractivity contribution in [3.05, 3.63) is 47.5 Å². The molecule has 2 amide bonds. The van der Waals surface area contributed by atoms with Crippen LogP contribution in [-0.4, -0.2) is 28.8 Å². The van der Waals surface area contributed by atoms with Gasteiger partial charge in [-0.3, -0.25) is 9.59 Å². The molecule has 0 spiro atoms. The average Bonchev–Trinajstić information content (AvgIpc) is 2.85. The summed E-state index contributed by atoms with van der Waals surface area (Å²) in [4.78, 5) is 30.0. The lowest BCUT2D eigenvalue weighted by Crippen LogP contribution is -2.18. The van der Waals surface area contributed by atoms with E-state index in [9.17, 15) is 9.59 Å². The summed E-state index contributed by atoms with van der Waals surface area (Å²) in [6.45, 7) is 1.77. The molecule has 0 aliphatic heterocycles. The van der Waals surface area contributed by atoms with E-state index < -0.39 is 0 Å². The summed E-state index contributed by atoms with van der Waals surface area (Å²) >= 11 is 0. The van der Waals surface area contributed by atoms with Gasteiger partial charge < -0.3 is 15.6 Å². The fraction of sp³-hybridized carbons (Fsp3) is 0.154. The van der Waals surface area contributed by atoms with Gasteiger partial charge in [-0.25, -0.2) is 4.98 Å². The van der Waals surface area contributed by atoms with E-state index in [0.717, 1.165) is 0 Å². The SMILES string of the molecule is CNC(=O)c1ccc(NC(=O)c2cnc(C)[nH]2)cc1. The van der Waals surface area contributed by atoms with Crippen LogP contribution in [0.2, 0.25) is 0 Å². The Hall–Kier alpha value is -2.63. The Bertz CT molecular complexity index is 601. The van der Waals surface area contributed by atoms with Gasteiger partial charge in [0.05, 0.1) is 6.20 Å². The molecule has 0 aliphatic rings. The molecule has 6 heteroatoms. The monoisotopic (exact) mass is 258 g/mol. The molecule has 0 fully saturated rings. The van der Waals surface area contributed by atoms with E-state index in [4.69, 9.17) is 0 Å². The summed E-state index contributed by atoms with van der Waals surface area (Å²) in [7, 11) is 1.57. The quantitative estimate of drug-likeness (QED) is 0.776. The molecule has 0 saturated carbocycles. The molecule has 2 aromatic rings. The van der Waals surface area contributed by atoms with Gasteiger partial charge in [0.1, 0.15) is 11.5 Å². The van der Waals surface area contributed by atoms with Crippen LogP contribution < -0.4 is 10.6 Å². The standard InChI is InChI=1S/C13H14N4O2/c1-8-15-7-11(16-8)13(19)17-10-5-3-9(4-6-10)12(18)14-2/h3-7H,1-2H3,(H,14,18)(H,15,16)(H,17,19). The molecule has 6 nitrogen and oxygen atoms in total. The number of aromatic nitrogens is 2. The van der Waals surface area contributed by atoms with Crippen LogP contribution in [0.4, 0.5) is 5.69 Å². The highest BCUT2D eigenvalue weighted by atomic mass is 16.2. The summed E-state index contributed by atoms with van der Waals surface area (Å²) in [5, 5.41) is 5.24. The fourth-order valence-corrected chi connectivity index (χ4v) is 1.58. The highest BCUT2D eigenvalue weighted by Gasteiger charge is 2.09. The van der Waals surface area contributed by atoms with Gasteiger partial charge in [0, 0.05) is 18.3 Å². The summed E-state index contributed by atoms with van der Waals surface area (Å²) in [6, 6.07) is 6.64. The first-order chi connectivity index (χ1) is 9.10. The Balaban J connectivity index is 2.07. The molecule has 0 atom stereocenters. The van der Waals surface area contributed by atoms with Gasteiger partial charge in [0.15, 0.2) is 0 Å². The third kappa shape index (κ3) is 2.98. The van der Waals surface area contributed by atoms with Gasteiger partial charge in [-0.05, 0) is 31.2 Å². The molecule has 0 aliphatic carbocycles.